The van der Waals surface area contributed by atoms with Crippen LogP contribution in [0.3, 0.4) is 0 Å². The van der Waals surface area contributed by atoms with E-state index >= 15 is 0 Å². The number of aromatic nitrogens is 2. The summed E-state index contributed by atoms with van der Waals surface area (Å²) in [5.41, 5.74) is 7.68. The minimum atomic E-state index is -0.257. The van der Waals surface area contributed by atoms with Gasteiger partial charge in [0.15, 0.2) is 0 Å². The summed E-state index contributed by atoms with van der Waals surface area (Å²) >= 11 is 0. The summed E-state index contributed by atoms with van der Waals surface area (Å²) in [7, 11) is 0. The zero-order valence-electron chi connectivity index (χ0n) is 13.1. The molecule has 0 radical (unpaired) electrons. The van der Waals surface area contributed by atoms with Crippen molar-refractivity contribution in [1.82, 2.24) is 15.1 Å². The second-order valence-electron chi connectivity index (χ2n) is 6.21. The topological polar surface area (TPSA) is 93.2 Å². The zero-order chi connectivity index (χ0) is 16.4. The molecule has 1 amide bonds. The third kappa shape index (κ3) is 3.53. The number of rotatable bonds is 5. The maximum Gasteiger partial charge on any atom is 0.242 e. The quantitative estimate of drug-likeness (QED) is 0.778. The highest BCUT2D eigenvalue weighted by Crippen LogP contribution is 2.38. The van der Waals surface area contributed by atoms with Gasteiger partial charge in [-0.2, -0.15) is 5.10 Å². The monoisotopic (exact) mass is 314 g/mol. The number of carbonyl (C=O) groups is 1. The van der Waals surface area contributed by atoms with Gasteiger partial charge in [-0.05, 0) is 31.2 Å². The van der Waals surface area contributed by atoms with E-state index in [9.17, 15) is 9.90 Å². The molecule has 122 valence electrons. The van der Waals surface area contributed by atoms with E-state index in [4.69, 9.17) is 5.73 Å². The van der Waals surface area contributed by atoms with Gasteiger partial charge in [-0.3, -0.25) is 4.79 Å². The number of carbonyl (C=O) groups excluding carboxylic acids is 1. The van der Waals surface area contributed by atoms with Crippen molar-refractivity contribution in [2.24, 2.45) is 5.92 Å². The number of hydrogen-bond donors (Lipinski definition) is 3. The number of anilines is 1. The molecule has 1 aliphatic rings. The van der Waals surface area contributed by atoms with Crippen molar-refractivity contribution in [2.45, 2.75) is 38.5 Å². The Morgan fingerprint density at radius 2 is 2.13 bits per heavy atom. The Labute approximate surface area is 135 Å². The number of aryl methyl sites for hydroxylation is 1. The van der Waals surface area contributed by atoms with Crippen LogP contribution in [0.4, 0.5) is 5.82 Å². The Balaban J connectivity index is 1.71. The average molecular weight is 314 g/mol. The highest BCUT2D eigenvalue weighted by Gasteiger charge is 2.35. The van der Waals surface area contributed by atoms with Gasteiger partial charge in [0.1, 0.15) is 12.4 Å². The van der Waals surface area contributed by atoms with Crippen LogP contribution in [0, 0.1) is 12.8 Å². The number of nitrogens with one attached hydrogen (secondary N) is 1. The fourth-order valence-corrected chi connectivity index (χ4v) is 3.08. The van der Waals surface area contributed by atoms with Crippen molar-refractivity contribution in [3.8, 4) is 0 Å². The van der Waals surface area contributed by atoms with E-state index in [0.29, 0.717) is 18.7 Å². The molecule has 6 heteroatoms. The summed E-state index contributed by atoms with van der Waals surface area (Å²) < 4.78 is 1.50. The summed E-state index contributed by atoms with van der Waals surface area (Å²) in [5, 5.41) is 16.9. The first-order chi connectivity index (χ1) is 11.0. The number of nitrogens with zero attached hydrogens (tertiary/aromatic N) is 2. The predicted molar refractivity (Wildman–Crippen MR) is 87.4 cm³/mol. The Morgan fingerprint density at radius 3 is 2.70 bits per heavy atom. The van der Waals surface area contributed by atoms with Crippen LogP contribution in [-0.2, 0) is 11.3 Å². The second-order valence-corrected chi connectivity index (χ2v) is 6.21. The molecule has 0 bridgehead atoms. The van der Waals surface area contributed by atoms with Crippen LogP contribution < -0.4 is 11.1 Å². The predicted octanol–water partition coefficient (Wildman–Crippen LogP) is 1.40. The molecule has 1 aliphatic carbocycles. The van der Waals surface area contributed by atoms with Crippen LogP contribution in [0.1, 0.15) is 30.1 Å². The third-order valence-electron chi connectivity index (χ3n) is 4.32. The van der Waals surface area contributed by atoms with Crippen molar-refractivity contribution in [3.63, 3.8) is 0 Å². The molecule has 1 fully saturated rings. The normalized spacial score (nSPS) is 21.5. The summed E-state index contributed by atoms with van der Waals surface area (Å²) in [6.07, 6.45) is 1.17. The minimum absolute atomic E-state index is 0.0926. The van der Waals surface area contributed by atoms with E-state index in [1.165, 1.54) is 4.68 Å². The second kappa shape index (κ2) is 6.42. The van der Waals surface area contributed by atoms with Crippen LogP contribution in [0.25, 0.3) is 0 Å². The van der Waals surface area contributed by atoms with Crippen LogP contribution >= 0.6 is 0 Å². The molecule has 23 heavy (non-hydrogen) atoms. The first-order valence-electron chi connectivity index (χ1n) is 7.85. The Kier molecular flexibility index (Phi) is 4.34. The molecule has 1 atom stereocenters. The van der Waals surface area contributed by atoms with Gasteiger partial charge in [0.2, 0.25) is 5.91 Å². The fraction of sp³-hybridized carbons (Fsp3) is 0.412. The number of nitrogens with two attached hydrogens (primary N) is 1. The molecule has 0 aliphatic heterocycles. The molecule has 2 aromatic rings. The van der Waals surface area contributed by atoms with Crippen molar-refractivity contribution in [3.05, 3.63) is 47.7 Å². The summed E-state index contributed by atoms with van der Waals surface area (Å²) in [6.45, 7) is 1.94. The Hall–Kier alpha value is -2.34. The van der Waals surface area contributed by atoms with Gasteiger partial charge < -0.3 is 16.2 Å². The van der Waals surface area contributed by atoms with Crippen molar-refractivity contribution in [2.75, 3.05) is 5.73 Å². The maximum atomic E-state index is 12.4. The molecule has 1 aromatic heterocycles. The van der Waals surface area contributed by atoms with Crippen LogP contribution in [0.2, 0.25) is 0 Å². The highest BCUT2D eigenvalue weighted by atomic mass is 16.3. The molecular formula is C17H22N4O2. The van der Waals surface area contributed by atoms with Gasteiger partial charge in [-0.15, -0.1) is 0 Å². The van der Waals surface area contributed by atoms with Gasteiger partial charge in [-0.25, -0.2) is 4.68 Å². The molecule has 0 spiro atoms. The highest BCUT2D eigenvalue weighted by molar-refractivity contribution is 5.76. The molecular weight excluding hydrogens is 292 g/mol. The molecule has 0 unspecified atom stereocenters. The van der Waals surface area contributed by atoms with E-state index in [2.05, 4.69) is 10.4 Å². The lowest BCUT2D eigenvalue weighted by Gasteiger charge is -2.38. The van der Waals surface area contributed by atoms with E-state index in [-0.39, 0.29) is 30.5 Å². The zero-order valence-corrected chi connectivity index (χ0v) is 13.1. The number of nitrogen functional groups attached to an aromatic ring is 1. The molecule has 6 nitrogen and oxygen atoms in total. The molecule has 3 rings (SSSR count). The summed E-state index contributed by atoms with van der Waals surface area (Å²) in [4.78, 5) is 12.4. The van der Waals surface area contributed by atoms with Gasteiger partial charge in [-0.1, -0.05) is 30.3 Å². The molecule has 1 heterocycles. The average Bonchev–Trinajstić information content (AvgIpc) is 2.80. The lowest BCUT2D eigenvalue weighted by atomic mass is 9.75. The molecule has 0 saturated heterocycles. The fourth-order valence-electron chi connectivity index (χ4n) is 3.08. The van der Waals surface area contributed by atoms with Gasteiger partial charge in [0, 0.05) is 6.07 Å². The SMILES string of the molecule is Cc1cc(N)n(CC(=O)N[C@@H](c2ccccc2)C2CC(O)C2)n1. The summed E-state index contributed by atoms with van der Waals surface area (Å²) in [6, 6.07) is 11.5. The first kappa shape index (κ1) is 15.6. The van der Waals surface area contributed by atoms with E-state index in [1.54, 1.807) is 6.07 Å². The van der Waals surface area contributed by atoms with Crippen LogP contribution in [0.5, 0.6) is 0 Å². The lowest BCUT2D eigenvalue weighted by Crippen LogP contribution is -2.42. The number of hydrogen-bond acceptors (Lipinski definition) is 4. The minimum Gasteiger partial charge on any atom is -0.393 e. The number of benzene rings is 1. The van der Waals surface area contributed by atoms with E-state index in [0.717, 1.165) is 11.3 Å². The van der Waals surface area contributed by atoms with Crippen molar-refractivity contribution in [1.29, 1.82) is 0 Å². The van der Waals surface area contributed by atoms with Crippen molar-refractivity contribution >= 4 is 11.7 Å². The number of aliphatic hydroxyl groups excluding tert-OH is 1. The third-order valence-corrected chi connectivity index (χ3v) is 4.32. The molecule has 4 N–H and O–H groups in total. The smallest absolute Gasteiger partial charge is 0.242 e. The van der Waals surface area contributed by atoms with Crippen LogP contribution in [-0.4, -0.2) is 26.9 Å². The summed E-state index contributed by atoms with van der Waals surface area (Å²) in [5.74, 6) is 0.607. The van der Waals surface area contributed by atoms with E-state index < -0.39 is 0 Å². The number of amides is 1. The van der Waals surface area contributed by atoms with Crippen LogP contribution in [0.15, 0.2) is 36.4 Å². The first-order valence-corrected chi connectivity index (χ1v) is 7.85. The lowest BCUT2D eigenvalue weighted by molar-refractivity contribution is -0.123. The maximum absolute atomic E-state index is 12.4. The molecule has 1 saturated carbocycles. The van der Waals surface area contributed by atoms with Gasteiger partial charge in [0.05, 0.1) is 17.8 Å². The van der Waals surface area contributed by atoms with Crippen molar-refractivity contribution < 1.29 is 9.90 Å². The largest absolute Gasteiger partial charge is 0.393 e. The number of aliphatic hydroxyl groups is 1. The van der Waals surface area contributed by atoms with Gasteiger partial charge >= 0.3 is 0 Å². The van der Waals surface area contributed by atoms with Gasteiger partial charge in [0.25, 0.3) is 0 Å². The van der Waals surface area contributed by atoms with E-state index in [1.807, 2.05) is 37.3 Å². The standard InChI is InChI=1S/C17H22N4O2/c1-11-7-15(18)21(20-11)10-16(23)19-17(13-8-14(22)9-13)12-5-3-2-4-6-12/h2-7,13-14,17,22H,8-10,18H2,1H3,(H,19,23)/t13?,14?,17-/m0/s1. The molecule has 1 aromatic carbocycles. The Morgan fingerprint density at radius 1 is 1.43 bits per heavy atom. The Bertz CT molecular complexity index is 677.